The first-order valence-corrected chi connectivity index (χ1v) is 11.1. The number of halogens is 1. The number of hydrogen-bond donors (Lipinski definition) is 2. The van der Waals surface area contributed by atoms with Gasteiger partial charge in [-0.2, -0.15) is 0 Å². The highest BCUT2D eigenvalue weighted by Gasteiger charge is 2.44. The van der Waals surface area contributed by atoms with E-state index in [0.717, 1.165) is 35.1 Å². The maximum Gasteiger partial charge on any atom is 0.229 e. The van der Waals surface area contributed by atoms with Crippen LogP contribution < -0.4 is 4.74 Å². The van der Waals surface area contributed by atoms with Gasteiger partial charge in [0, 0.05) is 5.92 Å². The molecule has 0 aliphatic carbocycles. The first-order valence-electron chi connectivity index (χ1n) is 11.1. The molecule has 3 aromatic carbocycles. The fraction of sp³-hybridized carbons (Fsp3) is 0.333. The zero-order valence-corrected chi connectivity index (χ0v) is 18.3. The molecule has 2 N–H and O–H groups in total. The van der Waals surface area contributed by atoms with E-state index in [1.807, 2.05) is 61.5 Å². The van der Waals surface area contributed by atoms with Crippen LogP contribution in [0, 0.1) is 11.7 Å². The normalized spacial score (nSPS) is 25.5. The Hall–Kier alpha value is -2.73. The van der Waals surface area contributed by atoms with Crippen molar-refractivity contribution in [1.29, 1.82) is 0 Å². The second-order valence-electron chi connectivity index (χ2n) is 8.37. The molecule has 1 heterocycles. The van der Waals surface area contributed by atoms with Gasteiger partial charge in [0.2, 0.25) is 6.29 Å². The van der Waals surface area contributed by atoms with Crippen LogP contribution in [0.5, 0.6) is 5.75 Å². The van der Waals surface area contributed by atoms with Crippen molar-refractivity contribution in [2.45, 2.75) is 51.3 Å². The minimum Gasteiger partial charge on any atom is -0.462 e. The number of aliphatic hydroxyl groups is 2. The fourth-order valence-electron chi connectivity index (χ4n) is 4.30. The van der Waals surface area contributed by atoms with Crippen LogP contribution in [0.25, 0.3) is 11.1 Å². The van der Waals surface area contributed by atoms with Gasteiger partial charge in [0.05, 0.1) is 12.2 Å². The van der Waals surface area contributed by atoms with Gasteiger partial charge in [-0.05, 0) is 52.9 Å². The Balaban J connectivity index is 1.63. The van der Waals surface area contributed by atoms with Crippen molar-refractivity contribution < 1.29 is 24.1 Å². The van der Waals surface area contributed by atoms with Crippen LogP contribution in [-0.2, 0) is 11.2 Å². The van der Waals surface area contributed by atoms with Crippen molar-refractivity contribution in [3.05, 3.63) is 89.7 Å². The molecule has 32 heavy (non-hydrogen) atoms. The molecule has 3 aromatic rings. The molecule has 0 aromatic heterocycles. The minimum absolute atomic E-state index is 0.301. The molecular weight excluding hydrogens is 407 g/mol. The van der Waals surface area contributed by atoms with Gasteiger partial charge in [-0.3, -0.25) is 0 Å². The van der Waals surface area contributed by atoms with Crippen LogP contribution >= 0.6 is 0 Å². The van der Waals surface area contributed by atoms with E-state index in [9.17, 15) is 14.6 Å². The molecule has 1 saturated heterocycles. The Morgan fingerprint density at radius 1 is 0.938 bits per heavy atom. The van der Waals surface area contributed by atoms with Crippen molar-refractivity contribution in [3.63, 3.8) is 0 Å². The lowest BCUT2D eigenvalue weighted by Gasteiger charge is -2.41. The quantitative estimate of drug-likeness (QED) is 0.552. The van der Waals surface area contributed by atoms with Gasteiger partial charge in [-0.25, -0.2) is 4.39 Å². The fourth-order valence-corrected chi connectivity index (χ4v) is 4.30. The van der Waals surface area contributed by atoms with E-state index in [0.29, 0.717) is 5.75 Å². The summed E-state index contributed by atoms with van der Waals surface area (Å²) >= 11 is 0. The van der Waals surface area contributed by atoms with Crippen molar-refractivity contribution in [2.75, 3.05) is 0 Å². The second kappa shape index (κ2) is 9.82. The van der Waals surface area contributed by atoms with Gasteiger partial charge in [-0.1, -0.05) is 68.8 Å². The maximum absolute atomic E-state index is 13.9. The van der Waals surface area contributed by atoms with Gasteiger partial charge in [0.1, 0.15) is 17.7 Å². The average molecular weight is 437 g/mol. The van der Waals surface area contributed by atoms with Crippen LogP contribution in [0.1, 0.15) is 37.5 Å². The van der Waals surface area contributed by atoms with E-state index in [-0.39, 0.29) is 11.7 Å². The molecule has 0 bridgehead atoms. The van der Waals surface area contributed by atoms with Gasteiger partial charge in [0.15, 0.2) is 0 Å². The highest BCUT2D eigenvalue weighted by atomic mass is 19.1. The van der Waals surface area contributed by atoms with Crippen LogP contribution in [-0.4, -0.2) is 28.7 Å². The molecule has 1 aliphatic heterocycles. The Labute approximate surface area is 188 Å². The molecule has 1 aliphatic rings. The van der Waals surface area contributed by atoms with Gasteiger partial charge in [0.25, 0.3) is 0 Å². The molecule has 1 fully saturated rings. The topological polar surface area (TPSA) is 58.9 Å². The molecule has 4 rings (SSSR count). The summed E-state index contributed by atoms with van der Waals surface area (Å²) in [6.45, 7) is 3.95. The summed E-state index contributed by atoms with van der Waals surface area (Å²) in [5.41, 5.74) is 3.65. The predicted octanol–water partition coefficient (Wildman–Crippen LogP) is 5.28. The molecule has 5 atom stereocenters. The third-order valence-corrected chi connectivity index (χ3v) is 6.04. The number of ether oxygens (including phenoxy) is 2. The second-order valence-corrected chi connectivity index (χ2v) is 8.37. The summed E-state index contributed by atoms with van der Waals surface area (Å²) in [7, 11) is 0. The highest BCUT2D eigenvalue weighted by Crippen LogP contribution is 2.38. The summed E-state index contributed by atoms with van der Waals surface area (Å²) in [6.07, 6.45) is -1.85. The zero-order chi connectivity index (χ0) is 22.7. The third kappa shape index (κ3) is 4.70. The maximum atomic E-state index is 13.9. The third-order valence-electron chi connectivity index (χ3n) is 6.04. The molecule has 0 spiro atoms. The molecule has 0 radical (unpaired) electrons. The van der Waals surface area contributed by atoms with Crippen LogP contribution in [0.4, 0.5) is 4.39 Å². The Morgan fingerprint density at radius 3 is 2.44 bits per heavy atom. The lowest BCUT2D eigenvalue weighted by molar-refractivity contribution is -0.258. The van der Waals surface area contributed by atoms with E-state index >= 15 is 0 Å². The van der Waals surface area contributed by atoms with Gasteiger partial charge >= 0.3 is 0 Å². The molecule has 0 saturated carbocycles. The Bertz CT molecular complexity index is 1040. The summed E-state index contributed by atoms with van der Waals surface area (Å²) in [4.78, 5) is 0. The first-order chi connectivity index (χ1) is 15.5. The van der Waals surface area contributed by atoms with Crippen LogP contribution in [0.2, 0.25) is 0 Å². The average Bonchev–Trinajstić information content (AvgIpc) is 2.81. The van der Waals surface area contributed by atoms with E-state index in [2.05, 4.69) is 6.92 Å². The summed E-state index contributed by atoms with van der Waals surface area (Å²) < 4.78 is 26.0. The standard InChI is InChI=1S/C27H29FO4/c1-3-8-18-13-14-22(16-23(18)20-11-7-12-21(28)15-20)31-27-25(30)24(29)17(2)26(32-27)19-9-5-4-6-10-19/h4-7,9-17,24-27,29-30H,3,8H2,1-2H3/t17-,24-,25-,26+,27+/m1/s1. The monoisotopic (exact) mass is 436 g/mol. The van der Waals surface area contributed by atoms with Crippen molar-refractivity contribution in [1.82, 2.24) is 0 Å². The lowest BCUT2D eigenvalue weighted by atomic mass is 9.87. The van der Waals surface area contributed by atoms with Crippen LogP contribution in [0.3, 0.4) is 0 Å². The molecular formula is C27H29FO4. The number of rotatable bonds is 6. The SMILES string of the molecule is CCCc1ccc(O[C@H]2O[C@H](c3ccccc3)[C@H](C)[C@@H](O)[C@H]2O)cc1-c1cccc(F)c1. The summed E-state index contributed by atoms with van der Waals surface area (Å²) in [5, 5.41) is 21.3. The summed E-state index contributed by atoms with van der Waals surface area (Å²) in [6, 6.07) is 21.7. The number of aliphatic hydroxyl groups excluding tert-OH is 2. The van der Waals surface area contributed by atoms with Crippen molar-refractivity contribution in [3.8, 4) is 16.9 Å². The predicted molar refractivity (Wildman–Crippen MR) is 122 cm³/mol. The van der Waals surface area contributed by atoms with Gasteiger partial charge in [-0.15, -0.1) is 0 Å². The number of hydrogen-bond acceptors (Lipinski definition) is 4. The number of aryl methyl sites for hydroxylation is 1. The van der Waals surface area contributed by atoms with E-state index in [1.165, 1.54) is 12.1 Å². The van der Waals surface area contributed by atoms with E-state index in [4.69, 9.17) is 9.47 Å². The Morgan fingerprint density at radius 2 is 1.72 bits per heavy atom. The Kier molecular flexibility index (Phi) is 6.89. The molecule has 168 valence electrons. The zero-order valence-electron chi connectivity index (χ0n) is 18.3. The smallest absolute Gasteiger partial charge is 0.229 e. The summed E-state index contributed by atoms with van der Waals surface area (Å²) in [5.74, 6) is -0.117. The van der Waals surface area contributed by atoms with Crippen molar-refractivity contribution >= 4 is 0 Å². The molecule has 0 unspecified atom stereocenters. The number of benzene rings is 3. The van der Waals surface area contributed by atoms with E-state index in [1.54, 1.807) is 6.07 Å². The largest absolute Gasteiger partial charge is 0.462 e. The highest BCUT2D eigenvalue weighted by molar-refractivity contribution is 5.69. The first kappa shape index (κ1) is 22.5. The molecule has 5 heteroatoms. The van der Waals surface area contributed by atoms with E-state index < -0.39 is 24.6 Å². The molecule has 0 amide bonds. The van der Waals surface area contributed by atoms with Gasteiger partial charge < -0.3 is 19.7 Å². The lowest BCUT2D eigenvalue weighted by Crippen LogP contribution is -2.52. The van der Waals surface area contributed by atoms with Crippen molar-refractivity contribution in [2.24, 2.45) is 5.92 Å². The minimum atomic E-state index is -1.20. The van der Waals surface area contributed by atoms with Crippen LogP contribution in [0.15, 0.2) is 72.8 Å². The molecule has 4 nitrogen and oxygen atoms in total.